The van der Waals surface area contributed by atoms with Crippen LogP contribution in [-0.2, 0) is 16.1 Å². The van der Waals surface area contributed by atoms with E-state index in [1.54, 1.807) is 51.1 Å². The molecule has 156 valence electrons. The number of hydrogen-bond donors (Lipinski definition) is 3. The zero-order chi connectivity index (χ0) is 21.4. The van der Waals surface area contributed by atoms with Gasteiger partial charge < -0.3 is 25.1 Å². The van der Waals surface area contributed by atoms with E-state index in [2.05, 4.69) is 31.9 Å². The van der Waals surface area contributed by atoms with Crippen LogP contribution < -0.4 is 16.0 Å². The predicted molar refractivity (Wildman–Crippen MR) is 112 cm³/mol. The topological polar surface area (TPSA) is 110 Å². The van der Waals surface area contributed by atoms with Gasteiger partial charge in [-0.3, -0.25) is 9.59 Å². The first kappa shape index (κ1) is 22.5. The zero-order valence-corrected chi connectivity index (χ0v) is 18.1. The third kappa shape index (κ3) is 8.39. The third-order valence-electron chi connectivity index (χ3n) is 3.49. The van der Waals surface area contributed by atoms with Gasteiger partial charge in [0.15, 0.2) is 10.4 Å². The van der Waals surface area contributed by atoms with Crippen molar-refractivity contribution >= 4 is 39.5 Å². The smallest absolute Gasteiger partial charge is 0.407 e. The molecule has 0 saturated carbocycles. The van der Waals surface area contributed by atoms with Gasteiger partial charge in [-0.15, -0.1) is 0 Å². The SMILES string of the molecule is CC(C)(C)OC(=O)NCCC(=O)NCc1cccc(NC(=O)c2ccc(Br)o2)c1. The highest BCUT2D eigenvalue weighted by Gasteiger charge is 2.16. The first-order chi connectivity index (χ1) is 13.6. The number of halogens is 1. The molecule has 0 unspecified atom stereocenters. The fraction of sp³-hybridized carbons (Fsp3) is 0.350. The van der Waals surface area contributed by atoms with Gasteiger partial charge in [0.1, 0.15) is 5.60 Å². The van der Waals surface area contributed by atoms with Crippen molar-refractivity contribution < 1.29 is 23.5 Å². The lowest BCUT2D eigenvalue weighted by atomic mass is 10.2. The van der Waals surface area contributed by atoms with Gasteiger partial charge in [0, 0.05) is 25.2 Å². The van der Waals surface area contributed by atoms with Crippen LogP contribution in [0.2, 0.25) is 0 Å². The summed E-state index contributed by atoms with van der Waals surface area (Å²) in [5, 5.41) is 8.04. The molecule has 29 heavy (non-hydrogen) atoms. The van der Waals surface area contributed by atoms with Crippen LogP contribution in [0.25, 0.3) is 0 Å². The van der Waals surface area contributed by atoms with Crippen molar-refractivity contribution in [1.82, 2.24) is 10.6 Å². The Balaban J connectivity index is 1.76. The Kier molecular flexibility index (Phi) is 7.83. The standard InChI is InChI=1S/C20H24BrN3O5/c1-20(2,3)29-19(27)22-10-9-17(25)23-12-13-5-4-6-14(11-13)24-18(26)15-7-8-16(21)28-15/h4-8,11H,9-10,12H2,1-3H3,(H,22,27)(H,23,25)(H,24,26). The van der Waals surface area contributed by atoms with Gasteiger partial charge in [0.25, 0.3) is 5.91 Å². The average molecular weight is 466 g/mol. The summed E-state index contributed by atoms with van der Waals surface area (Å²) in [6.07, 6.45) is -0.430. The van der Waals surface area contributed by atoms with Crippen molar-refractivity contribution in [3.63, 3.8) is 0 Å². The lowest BCUT2D eigenvalue weighted by Gasteiger charge is -2.19. The number of amides is 3. The van der Waals surface area contributed by atoms with E-state index in [9.17, 15) is 14.4 Å². The minimum atomic E-state index is -0.583. The zero-order valence-electron chi connectivity index (χ0n) is 16.5. The number of carbonyl (C=O) groups excluding carboxylic acids is 3. The predicted octanol–water partition coefficient (Wildman–Crippen LogP) is 3.83. The van der Waals surface area contributed by atoms with E-state index in [1.165, 1.54) is 0 Å². The van der Waals surface area contributed by atoms with Crippen molar-refractivity contribution in [2.45, 2.75) is 39.3 Å². The lowest BCUT2D eigenvalue weighted by Crippen LogP contribution is -2.35. The highest BCUT2D eigenvalue weighted by molar-refractivity contribution is 9.10. The second-order valence-electron chi connectivity index (χ2n) is 7.21. The Morgan fingerprint density at radius 1 is 1.10 bits per heavy atom. The number of alkyl carbamates (subject to hydrolysis) is 1. The normalized spacial score (nSPS) is 10.9. The fourth-order valence-electron chi connectivity index (χ4n) is 2.27. The van der Waals surface area contributed by atoms with E-state index in [-0.39, 0.29) is 30.5 Å². The molecule has 0 saturated heterocycles. The molecule has 3 amide bonds. The molecule has 0 radical (unpaired) electrons. The first-order valence-electron chi connectivity index (χ1n) is 9.01. The Bertz CT molecular complexity index is 873. The highest BCUT2D eigenvalue weighted by atomic mass is 79.9. The molecule has 8 nitrogen and oxygen atoms in total. The van der Waals surface area contributed by atoms with Gasteiger partial charge in [-0.25, -0.2) is 4.79 Å². The number of benzene rings is 1. The highest BCUT2D eigenvalue weighted by Crippen LogP contribution is 2.17. The van der Waals surface area contributed by atoms with Crippen molar-refractivity contribution in [2.75, 3.05) is 11.9 Å². The number of ether oxygens (including phenoxy) is 1. The quantitative estimate of drug-likeness (QED) is 0.575. The van der Waals surface area contributed by atoms with Gasteiger partial charge >= 0.3 is 6.09 Å². The number of hydrogen-bond acceptors (Lipinski definition) is 5. The van der Waals surface area contributed by atoms with Crippen LogP contribution in [0.15, 0.2) is 45.5 Å². The summed E-state index contributed by atoms with van der Waals surface area (Å²) in [7, 11) is 0. The molecule has 0 aliphatic carbocycles. The van der Waals surface area contributed by atoms with Crippen LogP contribution in [0.5, 0.6) is 0 Å². The van der Waals surface area contributed by atoms with E-state index in [1.807, 2.05) is 6.07 Å². The van der Waals surface area contributed by atoms with E-state index < -0.39 is 11.7 Å². The van der Waals surface area contributed by atoms with Gasteiger partial charge in [-0.2, -0.15) is 0 Å². The van der Waals surface area contributed by atoms with Gasteiger partial charge in [-0.1, -0.05) is 12.1 Å². The number of rotatable bonds is 7. The monoisotopic (exact) mass is 465 g/mol. The van der Waals surface area contributed by atoms with Gasteiger partial charge in [0.05, 0.1) is 0 Å². The molecule has 0 aliphatic heterocycles. The molecule has 2 aromatic rings. The van der Waals surface area contributed by atoms with Crippen LogP contribution in [0.3, 0.4) is 0 Å². The van der Waals surface area contributed by atoms with Crippen LogP contribution in [0.1, 0.15) is 43.3 Å². The van der Waals surface area contributed by atoms with E-state index in [4.69, 9.17) is 9.15 Å². The number of nitrogens with one attached hydrogen (secondary N) is 3. The second kappa shape index (κ2) is 10.1. The maximum absolute atomic E-state index is 12.1. The molecule has 2 rings (SSSR count). The first-order valence-corrected chi connectivity index (χ1v) is 9.81. The summed E-state index contributed by atoms with van der Waals surface area (Å²) >= 11 is 3.15. The summed E-state index contributed by atoms with van der Waals surface area (Å²) in [5.41, 5.74) is 0.818. The number of anilines is 1. The van der Waals surface area contributed by atoms with Crippen molar-refractivity contribution in [3.05, 3.63) is 52.4 Å². The molecule has 1 heterocycles. The summed E-state index contributed by atoms with van der Waals surface area (Å²) < 4.78 is 10.8. The molecule has 1 aromatic heterocycles. The van der Waals surface area contributed by atoms with Crippen LogP contribution in [0, 0.1) is 0 Å². The Morgan fingerprint density at radius 2 is 1.86 bits per heavy atom. The molecule has 0 atom stereocenters. The van der Waals surface area contributed by atoms with Crippen molar-refractivity contribution in [1.29, 1.82) is 0 Å². The van der Waals surface area contributed by atoms with Gasteiger partial charge in [0.2, 0.25) is 5.91 Å². The minimum Gasteiger partial charge on any atom is -0.444 e. The summed E-state index contributed by atoms with van der Waals surface area (Å²) in [5.74, 6) is -0.394. The fourth-order valence-corrected chi connectivity index (χ4v) is 2.58. The van der Waals surface area contributed by atoms with E-state index >= 15 is 0 Å². The number of furan rings is 1. The number of carbonyl (C=O) groups is 3. The van der Waals surface area contributed by atoms with Crippen LogP contribution in [0.4, 0.5) is 10.5 Å². The lowest BCUT2D eigenvalue weighted by molar-refractivity contribution is -0.121. The van der Waals surface area contributed by atoms with Crippen LogP contribution in [-0.4, -0.2) is 30.1 Å². The minimum absolute atomic E-state index is 0.128. The molecule has 1 aromatic carbocycles. The molecular weight excluding hydrogens is 442 g/mol. The Hall–Kier alpha value is -2.81. The average Bonchev–Trinajstić information content (AvgIpc) is 3.05. The Labute approximate surface area is 177 Å². The molecule has 0 fully saturated rings. The maximum atomic E-state index is 12.1. The molecule has 0 spiro atoms. The van der Waals surface area contributed by atoms with Crippen molar-refractivity contribution in [3.8, 4) is 0 Å². The van der Waals surface area contributed by atoms with E-state index in [0.717, 1.165) is 5.56 Å². The third-order valence-corrected chi connectivity index (χ3v) is 3.92. The molecule has 9 heteroatoms. The largest absolute Gasteiger partial charge is 0.444 e. The molecule has 0 bridgehead atoms. The Morgan fingerprint density at radius 3 is 2.52 bits per heavy atom. The molecular formula is C20H24BrN3O5. The summed E-state index contributed by atoms with van der Waals surface area (Å²) in [6.45, 7) is 5.77. The molecule has 0 aliphatic rings. The summed E-state index contributed by atoms with van der Waals surface area (Å²) in [4.78, 5) is 35.6. The maximum Gasteiger partial charge on any atom is 0.407 e. The van der Waals surface area contributed by atoms with E-state index in [0.29, 0.717) is 16.9 Å². The van der Waals surface area contributed by atoms with Crippen molar-refractivity contribution in [2.24, 2.45) is 0 Å². The van der Waals surface area contributed by atoms with Gasteiger partial charge in [-0.05, 0) is 66.5 Å². The molecule has 3 N–H and O–H groups in total. The summed E-state index contributed by atoms with van der Waals surface area (Å²) in [6, 6.07) is 10.3. The van der Waals surface area contributed by atoms with Crippen LogP contribution >= 0.6 is 15.9 Å². The second-order valence-corrected chi connectivity index (χ2v) is 8.00.